The second-order valence-electron chi connectivity index (χ2n) is 6.17. The van der Waals surface area contributed by atoms with Crippen LogP contribution in [-0.2, 0) is 16.1 Å². The molecule has 1 unspecified atom stereocenters. The highest BCUT2D eigenvalue weighted by Crippen LogP contribution is 2.32. The number of rotatable bonds is 4. The first-order valence-electron chi connectivity index (χ1n) is 7.93. The molecule has 0 spiro atoms. The van der Waals surface area contributed by atoms with E-state index in [2.05, 4.69) is 15.6 Å². The summed E-state index contributed by atoms with van der Waals surface area (Å²) in [6.45, 7) is 0.330. The molecule has 2 heterocycles. The minimum absolute atomic E-state index is 0.0454. The molecule has 1 aliphatic heterocycles. The normalized spacial score (nSPS) is 16.0. The number of hydrogen-bond acceptors (Lipinski definition) is 4. The Labute approximate surface area is 145 Å². The van der Waals surface area contributed by atoms with Crippen molar-refractivity contribution in [3.63, 3.8) is 0 Å². The summed E-state index contributed by atoms with van der Waals surface area (Å²) in [5, 5.41) is 5.46. The number of carbonyl (C=O) groups excluding carboxylic acids is 2. The van der Waals surface area contributed by atoms with E-state index in [9.17, 15) is 14.0 Å². The zero-order valence-electron chi connectivity index (χ0n) is 14.0. The topological polar surface area (TPSA) is 74.3 Å². The van der Waals surface area contributed by atoms with E-state index in [1.54, 1.807) is 12.3 Å². The number of benzene rings is 1. The van der Waals surface area contributed by atoms with Gasteiger partial charge in [0.1, 0.15) is 11.6 Å². The van der Waals surface area contributed by atoms with Gasteiger partial charge in [0.15, 0.2) is 0 Å². The fourth-order valence-electron chi connectivity index (χ4n) is 2.80. The van der Waals surface area contributed by atoms with Gasteiger partial charge < -0.3 is 15.5 Å². The molecule has 1 aromatic heterocycles. The molecule has 130 valence electrons. The predicted octanol–water partition coefficient (Wildman–Crippen LogP) is 2.03. The highest BCUT2D eigenvalue weighted by atomic mass is 19.1. The largest absolute Gasteiger partial charge is 0.363 e. The van der Waals surface area contributed by atoms with Crippen LogP contribution in [-0.4, -0.2) is 30.9 Å². The molecule has 0 fully saturated rings. The Hall–Kier alpha value is -2.96. The average Bonchev–Trinajstić information content (AvgIpc) is 2.58. The molecule has 0 saturated carbocycles. The predicted molar refractivity (Wildman–Crippen MR) is 92.8 cm³/mol. The summed E-state index contributed by atoms with van der Waals surface area (Å²) in [5.74, 6) is -0.833. The molecule has 7 heteroatoms. The molecule has 6 nitrogen and oxygen atoms in total. The quantitative estimate of drug-likeness (QED) is 0.892. The van der Waals surface area contributed by atoms with E-state index < -0.39 is 11.7 Å². The van der Waals surface area contributed by atoms with Crippen molar-refractivity contribution in [2.75, 3.05) is 24.3 Å². The number of carbonyl (C=O) groups is 2. The van der Waals surface area contributed by atoms with Gasteiger partial charge in [0, 0.05) is 38.9 Å². The molecule has 2 aromatic rings. The van der Waals surface area contributed by atoms with Crippen LogP contribution in [0.5, 0.6) is 0 Å². The average molecular weight is 342 g/mol. The molecule has 0 saturated heterocycles. The van der Waals surface area contributed by atoms with Gasteiger partial charge in [-0.15, -0.1) is 0 Å². The maximum Gasteiger partial charge on any atom is 0.228 e. The first kappa shape index (κ1) is 16.9. The maximum atomic E-state index is 13.4. The summed E-state index contributed by atoms with van der Waals surface area (Å²) >= 11 is 0. The van der Waals surface area contributed by atoms with Crippen molar-refractivity contribution in [3.05, 3.63) is 53.5 Å². The molecule has 1 aromatic carbocycles. The van der Waals surface area contributed by atoms with Crippen molar-refractivity contribution in [3.8, 4) is 0 Å². The zero-order chi connectivity index (χ0) is 18.0. The molecule has 2 N–H and O–H groups in total. The van der Waals surface area contributed by atoms with Gasteiger partial charge in [-0.25, -0.2) is 9.37 Å². The van der Waals surface area contributed by atoms with Crippen LogP contribution in [0.15, 0.2) is 36.5 Å². The van der Waals surface area contributed by atoms with Gasteiger partial charge in [-0.1, -0.05) is 6.07 Å². The van der Waals surface area contributed by atoms with Crippen molar-refractivity contribution in [1.82, 2.24) is 10.3 Å². The van der Waals surface area contributed by atoms with Gasteiger partial charge in [-0.2, -0.15) is 0 Å². The molecule has 0 radical (unpaired) electrons. The number of aromatic nitrogens is 1. The number of amides is 2. The number of nitrogens with one attached hydrogen (secondary N) is 2. The molecular formula is C18H19FN4O2. The Bertz CT molecular complexity index is 822. The van der Waals surface area contributed by atoms with Gasteiger partial charge in [0.05, 0.1) is 5.92 Å². The van der Waals surface area contributed by atoms with Gasteiger partial charge >= 0.3 is 0 Å². The van der Waals surface area contributed by atoms with Crippen molar-refractivity contribution in [2.45, 2.75) is 18.9 Å². The monoisotopic (exact) mass is 342 g/mol. The Morgan fingerprint density at radius 2 is 2.16 bits per heavy atom. The van der Waals surface area contributed by atoms with E-state index in [1.165, 1.54) is 12.1 Å². The zero-order valence-corrected chi connectivity index (χ0v) is 14.0. The summed E-state index contributed by atoms with van der Waals surface area (Å²) < 4.78 is 13.4. The summed E-state index contributed by atoms with van der Waals surface area (Å²) in [6, 6.07) is 7.79. The highest BCUT2D eigenvalue weighted by Gasteiger charge is 2.30. The number of pyridine rings is 1. The number of nitrogens with zero attached hydrogens (tertiary/aromatic N) is 2. The Morgan fingerprint density at radius 1 is 1.36 bits per heavy atom. The lowest BCUT2D eigenvalue weighted by molar-refractivity contribution is -0.126. The molecule has 3 rings (SSSR count). The second-order valence-corrected chi connectivity index (χ2v) is 6.17. The minimum atomic E-state index is -0.625. The van der Waals surface area contributed by atoms with Crippen LogP contribution in [0.1, 0.15) is 23.5 Å². The molecule has 0 bridgehead atoms. The van der Waals surface area contributed by atoms with Gasteiger partial charge in [0.25, 0.3) is 0 Å². The number of hydrogen-bond donors (Lipinski definition) is 2. The fraction of sp³-hybridized carbons (Fsp3) is 0.278. The molecule has 1 aliphatic rings. The third kappa shape index (κ3) is 3.76. The summed E-state index contributed by atoms with van der Waals surface area (Å²) in [6.07, 6.45) is 1.73. The molecule has 25 heavy (non-hydrogen) atoms. The van der Waals surface area contributed by atoms with Crippen LogP contribution in [0.2, 0.25) is 0 Å². The number of fused-ring (bicyclic) bond motifs is 1. The Kier molecular flexibility index (Phi) is 4.65. The first-order valence-corrected chi connectivity index (χ1v) is 7.93. The number of halogens is 1. The summed E-state index contributed by atoms with van der Waals surface area (Å²) in [4.78, 5) is 30.5. The van der Waals surface area contributed by atoms with Gasteiger partial charge in [-0.3, -0.25) is 9.59 Å². The Balaban J connectivity index is 1.74. The van der Waals surface area contributed by atoms with Crippen LogP contribution in [0.25, 0.3) is 0 Å². The van der Waals surface area contributed by atoms with Crippen LogP contribution in [0.4, 0.5) is 15.9 Å². The fourth-order valence-corrected chi connectivity index (χ4v) is 2.80. The van der Waals surface area contributed by atoms with E-state index >= 15 is 0 Å². The van der Waals surface area contributed by atoms with E-state index in [4.69, 9.17) is 0 Å². The standard InChI is InChI=1S/C18H19FN4O2/c1-23(2)16-7-11(5-6-20-16)10-21-18(25)14-9-17(24)22-15-8-12(19)3-4-13(14)15/h3-8,14H,9-10H2,1-2H3,(H,21,25)(H,22,24). The van der Waals surface area contributed by atoms with Crippen LogP contribution >= 0.6 is 0 Å². The molecular weight excluding hydrogens is 323 g/mol. The van der Waals surface area contributed by atoms with Crippen LogP contribution < -0.4 is 15.5 Å². The van der Waals surface area contributed by atoms with E-state index in [1.807, 2.05) is 31.1 Å². The lowest BCUT2D eigenvalue weighted by Gasteiger charge is -2.25. The highest BCUT2D eigenvalue weighted by molar-refractivity contribution is 6.01. The lowest BCUT2D eigenvalue weighted by atomic mass is 9.89. The van der Waals surface area contributed by atoms with Gasteiger partial charge in [-0.05, 0) is 35.4 Å². The lowest BCUT2D eigenvalue weighted by Crippen LogP contribution is -2.34. The molecule has 1 atom stereocenters. The first-order chi connectivity index (χ1) is 11.9. The molecule has 0 aliphatic carbocycles. The van der Waals surface area contributed by atoms with Gasteiger partial charge in [0.2, 0.25) is 11.8 Å². The molecule has 2 amide bonds. The van der Waals surface area contributed by atoms with Crippen molar-refractivity contribution < 1.29 is 14.0 Å². The smallest absolute Gasteiger partial charge is 0.228 e. The van der Waals surface area contributed by atoms with Crippen molar-refractivity contribution in [1.29, 1.82) is 0 Å². The SMILES string of the molecule is CN(C)c1cc(CNC(=O)C2CC(=O)Nc3cc(F)ccc32)ccn1. The minimum Gasteiger partial charge on any atom is -0.363 e. The third-order valence-electron chi connectivity index (χ3n) is 4.11. The van der Waals surface area contributed by atoms with E-state index in [0.717, 1.165) is 11.4 Å². The van der Waals surface area contributed by atoms with Crippen molar-refractivity contribution >= 4 is 23.3 Å². The maximum absolute atomic E-state index is 13.4. The summed E-state index contributed by atoms with van der Waals surface area (Å²) in [5.41, 5.74) is 1.89. The second kappa shape index (κ2) is 6.88. The van der Waals surface area contributed by atoms with E-state index in [-0.39, 0.29) is 18.2 Å². The van der Waals surface area contributed by atoms with Crippen molar-refractivity contribution in [2.24, 2.45) is 0 Å². The summed E-state index contributed by atoms with van der Waals surface area (Å²) in [7, 11) is 3.78. The number of anilines is 2. The Morgan fingerprint density at radius 3 is 2.92 bits per heavy atom. The van der Waals surface area contributed by atoms with Crippen LogP contribution in [0.3, 0.4) is 0 Å². The third-order valence-corrected chi connectivity index (χ3v) is 4.11. The van der Waals surface area contributed by atoms with E-state index in [0.29, 0.717) is 17.8 Å². The van der Waals surface area contributed by atoms with Crippen LogP contribution in [0, 0.1) is 5.82 Å².